The van der Waals surface area contributed by atoms with Crippen LogP contribution in [0.2, 0.25) is 5.15 Å². The van der Waals surface area contributed by atoms with E-state index >= 15 is 0 Å². The molecule has 2 rings (SSSR count). The Morgan fingerprint density at radius 3 is 2.59 bits per heavy atom. The fourth-order valence-electron chi connectivity index (χ4n) is 1.60. The van der Waals surface area contributed by atoms with Gasteiger partial charge in [0.25, 0.3) is 0 Å². The zero-order valence-electron chi connectivity index (χ0n) is 9.48. The van der Waals surface area contributed by atoms with Crippen LogP contribution in [0.25, 0.3) is 0 Å². The van der Waals surface area contributed by atoms with Crippen LogP contribution in [0.4, 0.5) is 5.69 Å². The van der Waals surface area contributed by atoms with E-state index in [1.54, 1.807) is 13.3 Å². The summed E-state index contributed by atoms with van der Waals surface area (Å²) in [5, 5.41) is 0.357. The van der Waals surface area contributed by atoms with Crippen LogP contribution in [0.15, 0.2) is 36.5 Å². The van der Waals surface area contributed by atoms with Crippen molar-refractivity contribution in [2.24, 2.45) is 0 Å². The molecule has 1 heterocycles. The molecule has 0 bridgehead atoms. The van der Waals surface area contributed by atoms with Gasteiger partial charge in [0.15, 0.2) is 5.15 Å². The van der Waals surface area contributed by atoms with Gasteiger partial charge in [0, 0.05) is 6.20 Å². The van der Waals surface area contributed by atoms with Gasteiger partial charge < -0.3 is 10.5 Å². The molecule has 4 heteroatoms. The molecular formula is C13H13ClN2O. The van der Waals surface area contributed by atoms with Crippen LogP contribution < -0.4 is 10.5 Å². The van der Waals surface area contributed by atoms with Crippen LogP contribution in [-0.4, -0.2) is 12.1 Å². The highest BCUT2D eigenvalue weighted by Gasteiger charge is 2.05. The normalized spacial score (nSPS) is 10.2. The maximum Gasteiger partial charge on any atom is 0.152 e. The van der Waals surface area contributed by atoms with Gasteiger partial charge >= 0.3 is 0 Å². The summed E-state index contributed by atoms with van der Waals surface area (Å²) >= 11 is 5.87. The number of hydrogen-bond acceptors (Lipinski definition) is 3. The smallest absolute Gasteiger partial charge is 0.152 e. The molecule has 0 aliphatic carbocycles. The third-order valence-electron chi connectivity index (χ3n) is 2.59. The molecule has 0 aliphatic heterocycles. The summed E-state index contributed by atoms with van der Waals surface area (Å²) in [7, 11) is 1.65. The largest absolute Gasteiger partial charge is 0.497 e. The van der Waals surface area contributed by atoms with Crippen LogP contribution in [-0.2, 0) is 6.42 Å². The van der Waals surface area contributed by atoms with E-state index in [2.05, 4.69) is 4.98 Å². The predicted molar refractivity (Wildman–Crippen MR) is 69.5 cm³/mol. The number of rotatable bonds is 3. The Balaban J connectivity index is 2.22. The third kappa shape index (κ3) is 2.68. The van der Waals surface area contributed by atoms with Crippen molar-refractivity contribution in [3.63, 3.8) is 0 Å². The number of halogens is 1. The molecule has 0 fully saturated rings. The minimum absolute atomic E-state index is 0.357. The number of methoxy groups -OCH3 is 1. The summed E-state index contributed by atoms with van der Waals surface area (Å²) in [5.74, 6) is 0.842. The molecule has 0 saturated carbocycles. The van der Waals surface area contributed by atoms with Gasteiger partial charge in [-0.15, -0.1) is 0 Å². The van der Waals surface area contributed by atoms with E-state index in [9.17, 15) is 0 Å². The van der Waals surface area contributed by atoms with Crippen LogP contribution in [0.3, 0.4) is 0 Å². The highest BCUT2D eigenvalue weighted by Crippen LogP contribution is 2.23. The van der Waals surface area contributed by atoms with E-state index in [4.69, 9.17) is 22.1 Å². The van der Waals surface area contributed by atoms with Gasteiger partial charge in [-0.3, -0.25) is 0 Å². The zero-order valence-corrected chi connectivity index (χ0v) is 10.2. The summed E-state index contributed by atoms with van der Waals surface area (Å²) < 4.78 is 5.11. The molecule has 2 aromatic rings. The molecule has 1 aromatic heterocycles. The number of nitrogens with two attached hydrogens (primary N) is 1. The molecule has 0 saturated heterocycles. The number of benzene rings is 1. The van der Waals surface area contributed by atoms with Crippen molar-refractivity contribution in [2.45, 2.75) is 6.42 Å². The first-order valence-corrected chi connectivity index (χ1v) is 5.60. The first-order chi connectivity index (χ1) is 8.20. The van der Waals surface area contributed by atoms with Crippen molar-refractivity contribution in [3.8, 4) is 5.75 Å². The van der Waals surface area contributed by atoms with Gasteiger partial charge in [0.2, 0.25) is 0 Å². The Morgan fingerprint density at radius 1 is 1.24 bits per heavy atom. The number of hydrogen-bond donors (Lipinski definition) is 1. The lowest BCUT2D eigenvalue weighted by Crippen LogP contribution is -1.98. The quantitative estimate of drug-likeness (QED) is 0.850. The lowest BCUT2D eigenvalue weighted by Gasteiger charge is -2.07. The Bertz CT molecular complexity index is 511. The molecule has 0 spiro atoms. The summed E-state index contributed by atoms with van der Waals surface area (Å²) in [5.41, 5.74) is 8.55. The van der Waals surface area contributed by atoms with E-state index in [1.165, 1.54) is 0 Å². The van der Waals surface area contributed by atoms with Crippen LogP contribution in [0.1, 0.15) is 11.1 Å². The predicted octanol–water partition coefficient (Wildman–Crippen LogP) is 2.92. The average molecular weight is 249 g/mol. The van der Waals surface area contributed by atoms with E-state index in [0.29, 0.717) is 10.8 Å². The average Bonchev–Trinajstić information content (AvgIpc) is 2.36. The van der Waals surface area contributed by atoms with Crippen LogP contribution >= 0.6 is 11.6 Å². The van der Waals surface area contributed by atoms with Crippen molar-refractivity contribution in [1.29, 1.82) is 0 Å². The molecule has 3 nitrogen and oxygen atoms in total. The van der Waals surface area contributed by atoms with Crippen molar-refractivity contribution in [1.82, 2.24) is 4.98 Å². The number of pyridine rings is 1. The Labute approximate surface area is 105 Å². The van der Waals surface area contributed by atoms with Crippen molar-refractivity contribution in [3.05, 3.63) is 52.8 Å². The topological polar surface area (TPSA) is 48.1 Å². The molecule has 2 N–H and O–H groups in total. The lowest BCUT2D eigenvalue weighted by molar-refractivity contribution is 0.414. The highest BCUT2D eigenvalue weighted by atomic mass is 35.5. The first kappa shape index (κ1) is 11.7. The van der Waals surface area contributed by atoms with E-state index in [0.717, 1.165) is 23.3 Å². The highest BCUT2D eigenvalue weighted by molar-refractivity contribution is 6.31. The molecule has 0 atom stereocenters. The van der Waals surface area contributed by atoms with Crippen LogP contribution in [0.5, 0.6) is 5.75 Å². The van der Waals surface area contributed by atoms with Crippen molar-refractivity contribution >= 4 is 17.3 Å². The molecule has 88 valence electrons. The molecule has 0 aliphatic rings. The van der Waals surface area contributed by atoms with Crippen molar-refractivity contribution < 1.29 is 4.74 Å². The first-order valence-electron chi connectivity index (χ1n) is 5.22. The maximum atomic E-state index is 5.87. The van der Waals surface area contributed by atoms with Gasteiger partial charge in [0.05, 0.1) is 12.8 Å². The van der Waals surface area contributed by atoms with Gasteiger partial charge in [-0.25, -0.2) is 4.98 Å². The monoisotopic (exact) mass is 248 g/mol. The fourth-order valence-corrected chi connectivity index (χ4v) is 1.78. The van der Waals surface area contributed by atoms with Gasteiger partial charge in [-0.1, -0.05) is 23.7 Å². The van der Waals surface area contributed by atoms with Crippen LogP contribution in [0, 0.1) is 0 Å². The third-order valence-corrected chi connectivity index (χ3v) is 2.89. The summed E-state index contributed by atoms with van der Waals surface area (Å²) in [6.45, 7) is 0. The minimum Gasteiger partial charge on any atom is -0.497 e. The molecule has 1 aromatic carbocycles. The lowest BCUT2D eigenvalue weighted by atomic mass is 10.0. The standard InChI is InChI=1S/C13H13ClN2O/c1-17-11-4-2-9(3-5-11)8-10-6-7-16-13(14)12(10)15/h2-7H,8,15H2,1H3. The van der Waals surface area contributed by atoms with Gasteiger partial charge in [0.1, 0.15) is 5.75 Å². The summed E-state index contributed by atoms with van der Waals surface area (Å²) in [6, 6.07) is 9.74. The molecule has 0 radical (unpaired) electrons. The second-order valence-electron chi connectivity index (χ2n) is 3.70. The van der Waals surface area contributed by atoms with E-state index < -0.39 is 0 Å². The van der Waals surface area contributed by atoms with E-state index in [1.807, 2.05) is 30.3 Å². The number of ether oxygens (including phenoxy) is 1. The summed E-state index contributed by atoms with van der Waals surface area (Å²) in [4.78, 5) is 3.93. The number of nitrogens with zero attached hydrogens (tertiary/aromatic N) is 1. The Kier molecular flexibility index (Phi) is 3.49. The number of aromatic nitrogens is 1. The zero-order chi connectivity index (χ0) is 12.3. The van der Waals surface area contributed by atoms with Gasteiger partial charge in [-0.05, 0) is 35.7 Å². The molecular weight excluding hydrogens is 236 g/mol. The van der Waals surface area contributed by atoms with Gasteiger partial charge in [-0.2, -0.15) is 0 Å². The Hall–Kier alpha value is -1.74. The molecule has 0 unspecified atom stereocenters. The second-order valence-corrected chi connectivity index (χ2v) is 4.06. The number of nitrogen functional groups attached to an aromatic ring is 1. The van der Waals surface area contributed by atoms with E-state index in [-0.39, 0.29) is 0 Å². The molecule has 17 heavy (non-hydrogen) atoms. The summed E-state index contributed by atoms with van der Waals surface area (Å²) in [6.07, 6.45) is 2.40. The molecule has 0 amide bonds. The number of anilines is 1. The fraction of sp³-hybridized carbons (Fsp3) is 0.154. The second kappa shape index (κ2) is 5.06. The SMILES string of the molecule is COc1ccc(Cc2ccnc(Cl)c2N)cc1. The maximum absolute atomic E-state index is 5.87. The minimum atomic E-state index is 0.357. The Morgan fingerprint density at radius 2 is 1.94 bits per heavy atom. The van der Waals surface area contributed by atoms with Crippen molar-refractivity contribution in [2.75, 3.05) is 12.8 Å².